The molecule has 0 aliphatic carbocycles. The molecular weight excluding hydrogens is 404 g/mol. The van der Waals surface area contributed by atoms with Crippen molar-refractivity contribution in [1.82, 2.24) is 9.96 Å². The quantitative estimate of drug-likeness (QED) is 0.328. The first-order chi connectivity index (χ1) is 15.2. The van der Waals surface area contributed by atoms with Gasteiger partial charge in [0, 0.05) is 12.2 Å². The number of para-hydroxylation sites is 2. The number of nitrogens with zero attached hydrogens (tertiary/aromatic N) is 3. The number of aryl methyl sites for hydroxylation is 2. The first kappa shape index (κ1) is 23.6. The van der Waals surface area contributed by atoms with Crippen LogP contribution in [0.3, 0.4) is 0 Å². The number of hydroxylamine groups is 2. The van der Waals surface area contributed by atoms with Crippen LogP contribution in [-0.2, 0) is 0 Å². The number of anilines is 2. The van der Waals surface area contributed by atoms with Gasteiger partial charge in [-0.15, -0.1) is 0 Å². The molecule has 1 aliphatic rings. The van der Waals surface area contributed by atoms with Crippen molar-refractivity contribution in [2.45, 2.75) is 65.6 Å². The first-order valence-corrected chi connectivity index (χ1v) is 11.2. The number of urea groups is 2. The van der Waals surface area contributed by atoms with Crippen LogP contribution >= 0.6 is 0 Å². The third-order valence-corrected chi connectivity index (χ3v) is 6.20. The van der Waals surface area contributed by atoms with Gasteiger partial charge in [-0.3, -0.25) is 10.1 Å². The Morgan fingerprint density at radius 3 is 2.31 bits per heavy atom. The van der Waals surface area contributed by atoms with Gasteiger partial charge in [0.1, 0.15) is 0 Å². The zero-order valence-electron chi connectivity index (χ0n) is 19.6. The molecule has 0 radical (unpaired) electrons. The lowest BCUT2D eigenvalue weighted by Crippen LogP contribution is -2.58. The summed E-state index contributed by atoms with van der Waals surface area (Å²) in [6.07, 6.45) is 2.01. The SMILES string of the molecule is CCCCCN1C(=O)N(c2ccccc2C)[C@H](N(O)C(=O)Nc2ccccc2C)C1(C)C. The van der Waals surface area contributed by atoms with Crippen molar-refractivity contribution in [1.29, 1.82) is 0 Å². The van der Waals surface area contributed by atoms with E-state index in [9.17, 15) is 14.8 Å². The van der Waals surface area contributed by atoms with E-state index in [1.54, 1.807) is 15.9 Å². The van der Waals surface area contributed by atoms with Gasteiger partial charge in [0.2, 0.25) is 0 Å². The van der Waals surface area contributed by atoms with Crippen LogP contribution in [0.2, 0.25) is 0 Å². The first-order valence-electron chi connectivity index (χ1n) is 11.2. The molecular formula is C25H34N4O3. The summed E-state index contributed by atoms with van der Waals surface area (Å²) in [5.74, 6) is 0. The monoisotopic (exact) mass is 438 g/mol. The van der Waals surface area contributed by atoms with Crippen molar-refractivity contribution in [3.8, 4) is 0 Å². The smallest absolute Gasteiger partial charge is 0.315 e. The molecule has 1 heterocycles. The van der Waals surface area contributed by atoms with Crippen molar-refractivity contribution >= 4 is 23.4 Å². The summed E-state index contributed by atoms with van der Waals surface area (Å²) in [4.78, 5) is 30.0. The van der Waals surface area contributed by atoms with E-state index in [-0.39, 0.29) is 6.03 Å². The van der Waals surface area contributed by atoms with Gasteiger partial charge in [0.05, 0.1) is 11.2 Å². The Morgan fingerprint density at radius 2 is 1.69 bits per heavy atom. The molecule has 2 N–H and O–H groups in total. The minimum atomic E-state index is -0.901. The number of nitrogens with one attached hydrogen (secondary N) is 1. The van der Waals surface area contributed by atoms with Crippen LogP contribution in [0.25, 0.3) is 0 Å². The minimum Gasteiger partial charge on any atom is -0.315 e. The Hall–Kier alpha value is -3.06. The van der Waals surface area contributed by atoms with E-state index in [4.69, 9.17) is 0 Å². The van der Waals surface area contributed by atoms with E-state index in [2.05, 4.69) is 12.2 Å². The van der Waals surface area contributed by atoms with E-state index in [0.29, 0.717) is 23.0 Å². The zero-order valence-corrected chi connectivity index (χ0v) is 19.6. The van der Waals surface area contributed by atoms with Gasteiger partial charge < -0.3 is 10.2 Å². The van der Waals surface area contributed by atoms with Gasteiger partial charge in [-0.05, 0) is 57.4 Å². The van der Waals surface area contributed by atoms with Crippen LogP contribution < -0.4 is 10.2 Å². The number of hydrogen-bond acceptors (Lipinski definition) is 3. The second kappa shape index (κ2) is 9.61. The van der Waals surface area contributed by atoms with Crippen molar-refractivity contribution in [2.75, 3.05) is 16.8 Å². The number of benzene rings is 2. The molecule has 32 heavy (non-hydrogen) atoms. The van der Waals surface area contributed by atoms with Gasteiger partial charge in [0.25, 0.3) is 0 Å². The Morgan fingerprint density at radius 1 is 1.06 bits per heavy atom. The van der Waals surface area contributed by atoms with E-state index >= 15 is 0 Å². The molecule has 4 amide bonds. The summed E-state index contributed by atoms with van der Waals surface area (Å²) in [6, 6.07) is 14.0. The molecule has 1 aliphatic heterocycles. The highest BCUT2D eigenvalue weighted by Gasteiger charge is 2.56. The third-order valence-electron chi connectivity index (χ3n) is 6.20. The van der Waals surface area contributed by atoms with Gasteiger partial charge >= 0.3 is 12.1 Å². The molecule has 0 saturated carbocycles. The van der Waals surface area contributed by atoms with Gasteiger partial charge in [-0.25, -0.2) is 9.59 Å². The van der Waals surface area contributed by atoms with E-state index in [1.807, 2.05) is 70.2 Å². The predicted molar refractivity (Wildman–Crippen MR) is 127 cm³/mol. The highest BCUT2D eigenvalue weighted by molar-refractivity contribution is 5.98. The Balaban J connectivity index is 1.98. The Kier molecular flexibility index (Phi) is 7.09. The fourth-order valence-corrected chi connectivity index (χ4v) is 4.31. The lowest BCUT2D eigenvalue weighted by molar-refractivity contribution is -0.0949. The molecule has 2 aromatic carbocycles. The van der Waals surface area contributed by atoms with Crippen LogP contribution in [0, 0.1) is 13.8 Å². The third kappa shape index (κ3) is 4.43. The van der Waals surface area contributed by atoms with Crippen LogP contribution in [-0.4, -0.2) is 45.5 Å². The second-order valence-corrected chi connectivity index (χ2v) is 8.91. The molecule has 2 aromatic rings. The van der Waals surface area contributed by atoms with Crippen molar-refractivity contribution in [2.24, 2.45) is 0 Å². The van der Waals surface area contributed by atoms with Gasteiger partial charge in [-0.1, -0.05) is 56.2 Å². The molecule has 0 aromatic heterocycles. The summed E-state index contributed by atoms with van der Waals surface area (Å²) in [5, 5.41) is 14.6. The predicted octanol–water partition coefficient (Wildman–Crippen LogP) is 5.76. The van der Waals surface area contributed by atoms with Gasteiger partial charge in [-0.2, -0.15) is 5.06 Å². The van der Waals surface area contributed by atoms with Crippen LogP contribution in [0.5, 0.6) is 0 Å². The van der Waals surface area contributed by atoms with Gasteiger partial charge in [0.15, 0.2) is 6.17 Å². The molecule has 7 heteroatoms. The molecule has 0 unspecified atom stereocenters. The maximum absolute atomic E-state index is 13.6. The number of rotatable bonds is 7. The Bertz CT molecular complexity index is 975. The van der Waals surface area contributed by atoms with Crippen molar-refractivity contribution in [3.63, 3.8) is 0 Å². The molecule has 1 fully saturated rings. The average molecular weight is 439 g/mol. The lowest BCUT2D eigenvalue weighted by atomic mass is 9.99. The van der Waals surface area contributed by atoms with Crippen LogP contribution in [0.4, 0.5) is 21.0 Å². The summed E-state index contributed by atoms with van der Waals surface area (Å²) in [7, 11) is 0. The summed E-state index contributed by atoms with van der Waals surface area (Å²) < 4.78 is 0. The number of unbranched alkanes of at least 4 members (excludes halogenated alkanes) is 2. The molecule has 1 saturated heterocycles. The number of carbonyl (C=O) groups excluding carboxylic acids is 2. The summed E-state index contributed by atoms with van der Waals surface area (Å²) in [5.41, 5.74) is 2.25. The molecule has 7 nitrogen and oxygen atoms in total. The average Bonchev–Trinajstić information content (AvgIpc) is 2.95. The normalized spacial score (nSPS) is 17.6. The fourth-order valence-electron chi connectivity index (χ4n) is 4.31. The zero-order chi connectivity index (χ0) is 23.5. The van der Waals surface area contributed by atoms with E-state index < -0.39 is 17.7 Å². The number of hydrogen-bond donors (Lipinski definition) is 2. The minimum absolute atomic E-state index is 0.215. The molecule has 3 rings (SSSR count). The largest absolute Gasteiger partial charge is 0.347 e. The Labute approximate surface area is 190 Å². The van der Waals surface area contributed by atoms with Crippen LogP contribution in [0.1, 0.15) is 51.2 Å². The molecule has 172 valence electrons. The topological polar surface area (TPSA) is 76.1 Å². The fraction of sp³-hybridized carbons (Fsp3) is 0.440. The van der Waals surface area contributed by atoms with E-state index in [1.165, 1.54) is 0 Å². The van der Waals surface area contributed by atoms with Crippen LogP contribution in [0.15, 0.2) is 48.5 Å². The molecule has 0 bridgehead atoms. The standard InChI is InChI=1S/C25H34N4O3/c1-6-7-12-17-27-24(31)28(21-16-11-9-14-19(21)3)22(25(27,4)5)29(32)23(30)26-20-15-10-8-13-18(20)2/h8-11,13-16,22,32H,6-7,12,17H2,1-5H3,(H,26,30)/t22-/m1/s1. The number of amides is 4. The van der Waals surface area contributed by atoms with E-state index in [0.717, 1.165) is 30.4 Å². The highest BCUT2D eigenvalue weighted by atomic mass is 16.5. The summed E-state index contributed by atoms with van der Waals surface area (Å²) >= 11 is 0. The second-order valence-electron chi connectivity index (χ2n) is 8.91. The summed E-state index contributed by atoms with van der Waals surface area (Å²) in [6.45, 7) is 10.3. The maximum Gasteiger partial charge on any atom is 0.347 e. The maximum atomic E-state index is 13.6. The number of carbonyl (C=O) groups is 2. The molecule has 1 atom stereocenters. The highest BCUT2D eigenvalue weighted by Crippen LogP contribution is 2.39. The molecule has 0 spiro atoms. The lowest BCUT2D eigenvalue weighted by Gasteiger charge is -2.38. The van der Waals surface area contributed by atoms with Crippen molar-refractivity contribution in [3.05, 3.63) is 59.7 Å². The van der Waals surface area contributed by atoms with Crippen molar-refractivity contribution < 1.29 is 14.8 Å².